The average molecular weight is 448 g/mol. The molecule has 6 nitrogen and oxygen atoms in total. The van der Waals surface area contributed by atoms with E-state index in [1.165, 1.54) is 28.8 Å². The fourth-order valence-electron chi connectivity index (χ4n) is 3.45. The van der Waals surface area contributed by atoms with Crippen LogP contribution in [0.4, 0.5) is 4.39 Å². The number of likely N-dealkylation sites (N-methyl/N-ethyl adjacent to an activating group) is 1. The van der Waals surface area contributed by atoms with Crippen LogP contribution in [-0.2, 0) is 11.3 Å². The first-order valence-corrected chi connectivity index (χ1v) is 10.6. The number of hydrogen-bond acceptors (Lipinski definition) is 5. The van der Waals surface area contributed by atoms with Gasteiger partial charge in [0.1, 0.15) is 12.4 Å². The number of thiazole rings is 1. The quantitative estimate of drug-likeness (QED) is 0.577. The maximum atomic E-state index is 13.1. The van der Waals surface area contributed by atoms with E-state index in [1.54, 1.807) is 17.0 Å². The van der Waals surface area contributed by atoms with Gasteiger partial charge in [0.15, 0.2) is 5.78 Å². The van der Waals surface area contributed by atoms with Crippen LogP contribution in [-0.4, -0.2) is 59.3 Å². The van der Waals surface area contributed by atoms with Crippen molar-refractivity contribution < 1.29 is 14.0 Å². The maximum absolute atomic E-state index is 13.1. The molecule has 0 bridgehead atoms. The number of piperazine rings is 1. The van der Waals surface area contributed by atoms with E-state index in [4.69, 9.17) is 11.6 Å². The lowest BCUT2D eigenvalue weighted by molar-refractivity contribution is -0.133. The van der Waals surface area contributed by atoms with Crippen molar-refractivity contribution in [2.24, 2.45) is 0 Å². The SMILES string of the molecule is CN1CCN(C(=O)Cn2c(=O)sc3cc(C(=O)c4ccc(F)cc4)c(Cl)cc32)CC1. The van der Waals surface area contributed by atoms with Crippen molar-refractivity contribution in [2.75, 3.05) is 33.2 Å². The molecule has 3 aromatic rings. The van der Waals surface area contributed by atoms with E-state index in [1.807, 2.05) is 7.05 Å². The van der Waals surface area contributed by atoms with Crippen LogP contribution in [0, 0.1) is 5.82 Å². The summed E-state index contributed by atoms with van der Waals surface area (Å²) in [6, 6.07) is 8.30. The minimum atomic E-state index is -0.437. The summed E-state index contributed by atoms with van der Waals surface area (Å²) < 4.78 is 15.1. The number of halogens is 2. The van der Waals surface area contributed by atoms with E-state index in [2.05, 4.69) is 4.90 Å². The van der Waals surface area contributed by atoms with Gasteiger partial charge in [0.2, 0.25) is 5.91 Å². The van der Waals surface area contributed by atoms with E-state index in [9.17, 15) is 18.8 Å². The number of fused-ring (bicyclic) bond motifs is 1. The van der Waals surface area contributed by atoms with Crippen molar-refractivity contribution in [3.8, 4) is 0 Å². The number of carbonyl (C=O) groups excluding carboxylic acids is 2. The predicted molar refractivity (Wildman–Crippen MR) is 115 cm³/mol. The molecule has 1 fully saturated rings. The Morgan fingerprint density at radius 2 is 1.77 bits per heavy atom. The minimum absolute atomic E-state index is 0.0653. The van der Waals surface area contributed by atoms with Gasteiger partial charge in [-0.05, 0) is 43.4 Å². The van der Waals surface area contributed by atoms with Crippen molar-refractivity contribution in [2.45, 2.75) is 6.54 Å². The lowest BCUT2D eigenvalue weighted by Gasteiger charge is -2.32. The van der Waals surface area contributed by atoms with Gasteiger partial charge >= 0.3 is 4.87 Å². The predicted octanol–water partition coefficient (Wildman–Crippen LogP) is 2.86. The Bertz CT molecular complexity index is 1180. The second kappa shape index (κ2) is 8.29. The molecular formula is C21H19ClFN3O3S. The van der Waals surface area contributed by atoms with Gasteiger partial charge in [-0.25, -0.2) is 4.39 Å². The zero-order valence-electron chi connectivity index (χ0n) is 16.2. The van der Waals surface area contributed by atoms with Crippen LogP contribution in [0.25, 0.3) is 10.2 Å². The first kappa shape index (κ1) is 20.7. The molecule has 0 unspecified atom stereocenters. The third kappa shape index (κ3) is 4.03. The molecule has 4 rings (SSSR count). The minimum Gasteiger partial charge on any atom is -0.339 e. The summed E-state index contributed by atoms with van der Waals surface area (Å²) in [5.74, 6) is -0.913. The second-order valence-electron chi connectivity index (χ2n) is 7.27. The van der Waals surface area contributed by atoms with E-state index in [-0.39, 0.29) is 33.7 Å². The molecule has 1 aliphatic heterocycles. The number of nitrogens with zero attached hydrogens (tertiary/aromatic N) is 3. The largest absolute Gasteiger partial charge is 0.339 e. The molecule has 2 aromatic carbocycles. The molecule has 1 saturated heterocycles. The molecule has 0 saturated carbocycles. The average Bonchev–Trinajstić information content (AvgIpc) is 3.02. The van der Waals surface area contributed by atoms with Crippen LogP contribution >= 0.6 is 22.9 Å². The first-order chi connectivity index (χ1) is 14.3. The molecule has 156 valence electrons. The van der Waals surface area contributed by atoms with Gasteiger partial charge in [-0.15, -0.1) is 0 Å². The van der Waals surface area contributed by atoms with Crippen molar-refractivity contribution in [1.29, 1.82) is 0 Å². The highest BCUT2D eigenvalue weighted by Crippen LogP contribution is 2.28. The van der Waals surface area contributed by atoms with Crippen molar-refractivity contribution in [3.63, 3.8) is 0 Å². The van der Waals surface area contributed by atoms with Gasteiger partial charge in [-0.2, -0.15) is 0 Å². The number of carbonyl (C=O) groups is 2. The fraction of sp³-hybridized carbons (Fsp3) is 0.286. The molecule has 9 heteroatoms. The van der Waals surface area contributed by atoms with Crippen molar-refractivity contribution in [1.82, 2.24) is 14.4 Å². The topological polar surface area (TPSA) is 62.6 Å². The van der Waals surface area contributed by atoms with Gasteiger partial charge in [0.05, 0.1) is 15.2 Å². The number of benzene rings is 2. The van der Waals surface area contributed by atoms with E-state index < -0.39 is 5.82 Å². The van der Waals surface area contributed by atoms with E-state index >= 15 is 0 Å². The van der Waals surface area contributed by atoms with Gasteiger partial charge in [0, 0.05) is 37.3 Å². The Balaban J connectivity index is 1.64. The van der Waals surface area contributed by atoms with Crippen LogP contribution in [0.5, 0.6) is 0 Å². The monoisotopic (exact) mass is 447 g/mol. The molecule has 30 heavy (non-hydrogen) atoms. The Morgan fingerprint density at radius 1 is 1.10 bits per heavy atom. The van der Waals surface area contributed by atoms with Crippen LogP contribution in [0.3, 0.4) is 0 Å². The Kier molecular flexibility index (Phi) is 5.73. The highest BCUT2D eigenvalue weighted by atomic mass is 35.5. The summed E-state index contributed by atoms with van der Waals surface area (Å²) in [7, 11) is 2.01. The Hall–Kier alpha value is -2.55. The molecule has 0 N–H and O–H groups in total. The molecule has 1 amide bonds. The summed E-state index contributed by atoms with van der Waals surface area (Å²) in [4.78, 5) is 41.6. The molecule has 1 aliphatic rings. The van der Waals surface area contributed by atoms with Crippen molar-refractivity contribution >= 4 is 44.8 Å². The number of amides is 1. The lowest BCUT2D eigenvalue weighted by Crippen LogP contribution is -2.48. The maximum Gasteiger partial charge on any atom is 0.308 e. The zero-order valence-corrected chi connectivity index (χ0v) is 17.8. The van der Waals surface area contributed by atoms with Gasteiger partial charge in [-0.3, -0.25) is 19.0 Å². The second-order valence-corrected chi connectivity index (χ2v) is 8.67. The smallest absolute Gasteiger partial charge is 0.308 e. The molecular weight excluding hydrogens is 429 g/mol. The summed E-state index contributed by atoms with van der Waals surface area (Å²) in [6.07, 6.45) is 0. The molecule has 0 radical (unpaired) electrons. The fourth-order valence-corrected chi connectivity index (χ4v) is 4.61. The summed E-state index contributed by atoms with van der Waals surface area (Å²) in [5, 5.41) is 0.176. The number of ketones is 1. The Morgan fingerprint density at radius 3 is 2.43 bits per heavy atom. The highest BCUT2D eigenvalue weighted by Gasteiger charge is 2.22. The van der Waals surface area contributed by atoms with Crippen LogP contribution < -0.4 is 4.87 Å². The first-order valence-electron chi connectivity index (χ1n) is 9.43. The van der Waals surface area contributed by atoms with Crippen LogP contribution in [0.2, 0.25) is 5.02 Å². The van der Waals surface area contributed by atoms with E-state index in [0.717, 1.165) is 24.4 Å². The number of aromatic nitrogens is 1. The molecule has 1 aromatic heterocycles. The van der Waals surface area contributed by atoms with Crippen LogP contribution in [0.1, 0.15) is 15.9 Å². The summed E-state index contributed by atoms with van der Waals surface area (Å²) >= 11 is 7.32. The Labute approximate surface area is 181 Å². The highest BCUT2D eigenvalue weighted by molar-refractivity contribution is 7.16. The molecule has 0 atom stereocenters. The third-order valence-electron chi connectivity index (χ3n) is 5.26. The molecule has 0 spiro atoms. The summed E-state index contributed by atoms with van der Waals surface area (Å²) in [6.45, 7) is 2.79. The number of hydrogen-bond donors (Lipinski definition) is 0. The van der Waals surface area contributed by atoms with Gasteiger partial charge in [-0.1, -0.05) is 22.9 Å². The third-order valence-corrected chi connectivity index (χ3v) is 6.51. The lowest BCUT2D eigenvalue weighted by atomic mass is 10.0. The number of rotatable bonds is 4. The standard InChI is InChI=1S/C21H19ClFN3O3S/c1-24-6-8-25(9-7-24)19(27)12-26-17-11-16(22)15(10-18(17)30-21(26)29)20(28)13-2-4-14(23)5-3-13/h2-5,10-11H,6-9,12H2,1H3. The van der Waals surface area contributed by atoms with Gasteiger partial charge in [0.25, 0.3) is 0 Å². The van der Waals surface area contributed by atoms with E-state index in [0.29, 0.717) is 28.9 Å². The van der Waals surface area contributed by atoms with Crippen molar-refractivity contribution in [3.05, 3.63) is 68.0 Å². The normalized spacial score (nSPS) is 15.0. The van der Waals surface area contributed by atoms with Gasteiger partial charge < -0.3 is 9.80 Å². The summed E-state index contributed by atoms with van der Waals surface area (Å²) in [5.41, 5.74) is 1.05. The van der Waals surface area contributed by atoms with Crippen LogP contribution in [0.15, 0.2) is 41.2 Å². The molecule has 0 aliphatic carbocycles. The zero-order chi connectivity index (χ0) is 21.4. The molecule has 2 heterocycles.